The van der Waals surface area contributed by atoms with E-state index in [-0.39, 0.29) is 11.7 Å². The molecule has 170 valence electrons. The van der Waals surface area contributed by atoms with Crippen molar-refractivity contribution in [2.75, 3.05) is 20.2 Å². The number of thiazole rings is 1. The van der Waals surface area contributed by atoms with E-state index in [2.05, 4.69) is 10.3 Å². The van der Waals surface area contributed by atoms with Crippen LogP contribution in [-0.2, 0) is 6.18 Å². The number of hydrogen-bond donors (Lipinski definition) is 1. The molecule has 0 unspecified atom stereocenters. The summed E-state index contributed by atoms with van der Waals surface area (Å²) in [7, 11) is 1.54. The summed E-state index contributed by atoms with van der Waals surface area (Å²) in [5.41, 5.74) is 0.596. The molecule has 0 amide bonds. The molecule has 2 aromatic carbocycles. The first-order valence-corrected chi connectivity index (χ1v) is 10.9. The van der Waals surface area contributed by atoms with Crippen molar-refractivity contribution in [3.05, 3.63) is 70.6 Å². The summed E-state index contributed by atoms with van der Waals surface area (Å²) in [5.74, 6) is 1.12. The number of rotatable bonds is 5. The number of aromatic nitrogens is 2. The second-order valence-electron chi connectivity index (χ2n) is 7.53. The van der Waals surface area contributed by atoms with Gasteiger partial charge in [-0.15, -0.1) is 11.3 Å². The number of fused-ring (bicyclic) bond motifs is 1. The van der Waals surface area contributed by atoms with Crippen LogP contribution in [0.5, 0.6) is 11.5 Å². The molecule has 1 fully saturated rings. The van der Waals surface area contributed by atoms with Crippen LogP contribution < -0.4 is 20.3 Å². The normalized spacial score (nSPS) is 14.3. The van der Waals surface area contributed by atoms with Crippen molar-refractivity contribution >= 4 is 21.6 Å². The Labute approximate surface area is 190 Å². The lowest BCUT2D eigenvalue weighted by molar-refractivity contribution is -0.137. The van der Waals surface area contributed by atoms with Gasteiger partial charge in [-0.3, -0.25) is 9.36 Å². The first-order chi connectivity index (χ1) is 15.8. The van der Waals surface area contributed by atoms with Gasteiger partial charge < -0.3 is 14.8 Å². The van der Waals surface area contributed by atoms with Crippen molar-refractivity contribution in [3.63, 3.8) is 0 Å². The third-order valence-corrected chi connectivity index (χ3v) is 6.48. The van der Waals surface area contributed by atoms with Crippen molar-refractivity contribution in [2.45, 2.75) is 12.3 Å². The molecule has 6 nitrogen and oxygen atoms in total. The highest BCUT2D eigenvalue weighted by molar-refractivity contribution is 7.21. The molecule has 1 aliphatic heterocycles. The van der Waals surface area contributed by atoms with Crippen LogP contribution in [0, 0.1) is 0 Å². The van der Waals surface area contributed by atoms with Crippen LogP contribution in [-0.4, -0.2) is 35.9 Å². The van der Waals surface area contributed by atoms with Crippen LogP contribution in [0.3, 0.4) is 0 Å². The lowest BCUT2D eigenvalue weighted by Crippen LogP contribution is -2.50. The minimum absolute atomic E-state index is 0.0876. The number of benzene rings is 2. The number of nitrogens with zero attached hydrogens (tertiary/aromatic N) is 2. The fraction of sp³-hybridized carbons (Fsp3) is 0.217. The van der Waals surface area contributed by atoms with Crippen LogP contribution >= 0.6 is 11.3 Å². The zero-order chi connectivity index (χ0) is 23.2. The van der Waals surface area contributed by atoms with Crippen LogP contribution in [0.25, 0.3) is 26.5 Å². The Morgan fingerprint density at radius 3 is 2.48 bits per heavy atom. The number of halogens is 3. The van der Waals surface area contributed by atoms with Crippen molar-refractivity contribution < 1.29 is 22.6 Å². The fourth-order valence-corrected chi connectivity index (χ4v) is 4.47. The Morgan fingerprint density at radius 2 is 1.85 bits per heavy atom. The van der Waals surface area contributed by atoms with Gasteiger partial charge in [0.25, 0.3) is 5.56 Å². The summed E-state index contributed by atoms with van der Waals surface area (Å²) in [6.07, 6.45) is -2.70. The second kappa shape index (κ2) is 8.20. The largest absolute Gasteiger partial charge is 0.493 e. The molecule has 33 heavy (non-hydrogen) atoms. The quantitative estimate of drug-likeness (QED) is 0.463. The van der Waals surface area contributed by atoms with Crippen molar-refractivity contribution in [2.24, 2.45) is 0 Å². The molecule has 2 aromatic heterocycles. The third-order valence-electron chi connectivity index (χ3n) is 5.37. The maximum absolute atomic E-state index is 13.2. The molecule has 1 saturated heterocycles. The average Bonchev–Trinajstić information content (AvgIpc) is 3.21. The predicted molar refractivity (Wildman–Crippen MR) is 119 cm³/mol. The monoisotopic (exact) mass is 473 g/mol. The highest BCUT2D eigenvalue weighted by Gasteiger charge is 2.30. The van der Waals surface area contributed by atoms with E-state index in [1.54, 1.807) is 30.5 Å². The summed E-state index contributed by atoms with van der Waals surface area (Å²) in [6, 6.07) is 11.7. The minimum Gasteiger partial charge on any atom is -0.493 e. The summed E-state index contributed by atoms with van der Waals surface area (Å²) in [4.78, 5) is 17.6. The summed E-state index contributed by atoms with van der Waals surface area (Å²) in [6.45, 7) is 1.54. The van der Waals surface area contributed by atoms with Gasteiger partial charge in [0.15, 0.2) is 11.5 Å². The van der Waals surface area contributed by atoms with Crippen LogP contribution in [0.15, 0.2) is 59.5 Å². The number of nitrogens with one attached hydrogen (secondary N) is 1. The number of alkyl halides is 3. The Balaban J connectivity index is 1.49. The smallest absolute Gasteiger partial charge is 0.416 e. The number of methoxy groups -OCH3 is 1. The summed E-state index contributed by atoms with van der Waals surface area (Å²) < 4.78 is 51.7. The topological polar surface area (TPSA) is 65.4 Å². The summed E-state index contributed by atoms with van der Waals surface area (Å²) >= 11 is 1.14. The van der Waals surface area contributed by atoms with Gasteiger partial charge in [-0.1, -0.05) is 12.1 Å². The maximum atomic E-state index is 13.2. The van der Waals surface area contributed by atoms with Gasteiger partial charge >= 0.3 is 6.18 Å². The number of pyridine rings is 1. The van der Waals surface area contributed by atoms with E-state index in [1.165, 1.54) is 23.8 Å². The lowest BCUT2D eigenvalue weighted by atomic mass is 10.1. The maximum Gasteiger partial charge on any atom is 0.416 e. The van der Waals surface area contributed by atoms with Gasteiger partial charge in [-0.25, -0.2) is 4.98 Å². The molecular weight excluding hydrogens is 455 g/mol. The molecule has 1 N–H and O–H groups in total. The first-order valence-electron chi connectivity index (χ1n) is 10.1. The van der Waals surface area contributed by atoms with Gasteiger partial charge in [0.2, 0.25) is 0 Å². The Morgan fingerprint density at radius 1 is 1.09 bits per heavy atom. The molecule has 0 saturated carbocycles. The molecular formula is C23H18F3N3O3S. The van der Waals surface area contributed by atoms with Crippen LogP contribution in [0.2, 0.25) is 0 Å². The molecule has 0 radical (unpaired) electrons. The minimum atomic E-state index is -4.41. The fourth-order valence-electron chi connectivity index (χ4n) is 3.48. The summed E-state index contributed by atoms with van der Waals surface area (Å²) in [5, 5.41) is 3.61. The molecule has 4 aromatic rings. The van der Waals surface area contributed by atoms with Crippen molar-refractivity contribution in [1.29, 1.82) is 0 Å². The standard InChI is InChI=1S/C23H18F3N3O3S/c1-31-19-10-15(6-7-18(19)32-16-11-27-12-16)29-9-8-17-20(22(29)30)33-21(28-17)13-2-4-14(5-3-13)23(24,25)26/h2-10,16,27H,11-12H2,1H3. The Bertz CT molecular complexity index is 1380. The van der Waals surface area contributed by atoms with E-state index >= 15 is 0 Å². The first kappa shape index (κ1) is 21.5. The number of ether oxygens (including phenoxy) is 2. The molecule has 0 spiro atoms. The van der Waals surface area contributed by atoms with E-state index in [1.807, 2.05) is 0 Å². The molecule has 10 heteroatoms. The van der Waals surface area contributed by atoms with E-state index in [0.29, 0.717) is 38.0 Å². The molecule has 3 heterocycles. The predicted octanol–water partition coefficient (Wildman–Crippen LogP) is 4.49. The van der Waals surface area contributed by atoms with Gasteiger partial charge in [0, 0.05) is 30.9 Å². The van der Waals surface area contributed by atoms with Gasteiger partial charge in [0.1, 0.15) is 15.8 Å². The molecule has 0 aliphatic carbocycles. The molecule has 1 aliphatic rings. The highest BCUT2D eigenvalue weighted by atomic mass is 32.1. The van der Waals surface area contributed by atoms with E-state index in [9.17, 15) is 18.0 Å². The van der Waals surface area contributed by atoms with Crippen LogP contribution in [0.4, 0.5) is 13.2 Å². The molecule has 5 rings (SSSR count). The average molecular weight is 473 g/mol. The third kappa shape index (κ3) is 4.07. The number of hydrogen-bond acceptors (Lipinski definition) is 6. The molecule has 0 bridgehead atoms. The van der Waals surface area contributed by atoms with Gasteiger partial charge in [-0.2, -0.15) is 13.2 Å². The highest BCUT2D eigenvalue weighted by Crippen LogP contribution is 2.34. The SMILES string of the molecule is COc1cc(-n2ccc3nc(-c4ccc(C(F)(F)F)cc4)sc3c2=O)ccc1OC1CNC1. The zero-order valence-corrected chi connectivity index (χ0v) is 18.2. The second-order valence-corrected chi connectivity index (χ2v) is 8.53. The van der Waals surface area contributed by atoms with Gasteiger partial charge in [-0.05, 0) is 30.3 Å². The van der Waals surface area contributed by atoms with Gasteiger partial charge in [0.05, 0.1) is 23.9 Å². The van der Waals surface area contributed by atoms with E-state index < -0.39 is 11.7 Å². The van der Waals surface area contributed by atoms with Crippen molar-refractivity contribution in [1.82, 2.24) is 14.9 Å². The Hall–Kier alpha value is -3.37. The van der Waals surface area contributed by atoms with E-state index in [4.69, 9.17) is 9.47 Å². The zero-order valence-electron chi connectivity index (χ0n) is 17.3. The van der Waals surface area contributed by atoms with E-state index in [0.717, 1.165) is 36.6 Å². The Kier molecular flexibility index (Phi) is 5.34. The van der Waals surface area contributed by atoms with Crippen molar-refractivity contribution in [3.8, 4) is 27.8 Å². The lowest BCUT2D eigenvalue weighted by Gasteiger charge is -2.28. The molecule has 0 atom stereocenters. The van der Waals surface area contributed by atoms with Crippen LogP contribution in [0.1, 0.15) is 5.56 Å².